The zero-order valence-electron chi connectivity index (χ0n) is 22.0. The van der Waals surface area contributed by atoms with Crippen LogP contribution in [0.15, 0.2) is 122 Å². The van der Waals surface area contributed by atoms with Crippen LogP contribution in [0.2, 0.25) is 0 Å². The second kappa shape index (κ2) is 12.1. The third-order valence-electron chi connectivity index (χ3n) is 6.37. The van der Waals surface area contributed by atoms with Gasteiger partial charge in [0.05, 0.1) is 5.82 Å². The van der Waals surface area contributed by atoms with Gasteiger partial charge >= 0.3 is 21.1 Å². The van der Waals surface area contributed by atoms with Crippen molar-refractivity contribution in [2.45, 2.75) is 0 Å². The zero-order valence-corrected chi connectivity index (χ0v) is 24.3. The molecule has 0 saturated heterocycles. The number of nitrogens with zero attached hydrogens (tertiary/aromatic N) is 6. The average Bonchev–Trinajstić information content (AvgIpc) is 3.48. The predicted octanol–water partition coefficient (Wildman–Crippen LogP) is 7.13. The molecular formula is C33H26N6Pt. The summed E-state index contributed by atoms with van der Waals surface area (Å²) in [6, 6.07) is 38.3. The molecule has 0 atom stereocenters. The van der Waals surface area contributed by atoms with E-state index in [1.807, 2.05) is 56.6 Å². The summed E-state index contributed by atoms with van der Waals surface area (Å²) in [6.07, 6.45) is 8.78. The molecule has 3 aromatic carbocycles. The van der Waals surface area contributed by atoms with Gasteiger partial charge in [-0.3, -0.25) is 5.10 Å². The molecule has 0 spiro atoms. The number of hydrogen-bond donors (Lipinski definition) is 0. The Balaban J connectivity index is 0.00000323. The number of anilines is 4. The zero-order chi connectivity index (χ0) is 26.6. The molecule has 6 rings (SSSR count). The third-order valence-corrected chi connectivity index (χ3v) is 6.37. The van der Waals surface area contributed by atoms with Crippen LogP contribution in [-0.2, 0) is 21.1 Å². The van der Waals surface area contributed by atoms with E-state index in [9.17, 15) is 0 Å². The maximum absolute atomic E-state index is 4.62. The molecule has 6 aromatic rings. The van der Waals surface area contributed by atoms with Crippen LogP contribution < -0.4 is 9.80 Å². The van der Waals surface area contributed by atoms with Gasteiger partial charge in [-0.25, -0.2) is 0 Å². The molecule has 0 aliphatic heterocycles. The summed E-state index contributed by atoms with van der Waals surface area (Å²) in [4.78, 5) is 13.3. The van der Waals surface area contributed by atoms with E-state index in [0.29, 0.717) is 5.82 Å². The minimum absolute atomic E-state index is 0. The molecule has 40 heavy (non-hydrogen) atoms. The Hall–Kier alpha value is -4.54. The van der Waals surface area contributed by atoms with E-state index in [-0.39, 0.29) is 21.1 Å². The van der Waals surface area contributed by atoms with Crippen LogP contribution in [0.5, 0.6) is 0 Å². The van der Waals surface area contributed by atoms with Crippen LogP contribution in [0.3, 0.4) is 0 Å². The van der Waals surface area contributed by atoms with Gasteiger partial charge in [0.1, 0.15) is 0 Å². The topological polar surface area (TPSA) is 50.1 Å². The van der Waals surface area contributed by atoms with Crippen LogP contribution in [0.4, 0.5) is 22.7 Å². The van der Waals surface area contributed by atoms with E-state index in [1.165, 1.54) is 0 Å². The molecule has 7 heteroatoms. The smallest absolute Gasteiger partial charge is 0.378 e. The number of benzene rings is 3. The van der Waals surface area contributed by atoms with Gasteiger partial charge in [-0.05, 0) is 65.4 Å². The fourth-order valence-electron chi connectivity index (χ4n) is 4.43. The van der Waals surface area contributed by atoms with E-state index in [0.717, 1.165) is 45.1 Å². The van der Waals surface area contributed by atoms with Crippen molar-refractivity contribution in [2.75, 3.05) is 23.9 Å². The Bertz CT molecular complexity index is 1630. The van der Waals surface area contributed by atoms with Crippen molar-refractivity contribution in [1.29, 1.82) is 0 Å². The van der Waals surface area contributed by atoms with Crippen molar-refractivity contribution in [1.82, 2.24) is 19.7 Å². The van der Waals surface area contributed by atoms with Crippen molar-refractivity contribution in [3.05, 3.63) is 134 Å². The average molecular weight is 702 g/mol. The predicted molar refractivity (Wildman–Crippen MR) is 157 cm³/mol. The third kappa shape index (κ3) is 5.73. The molecule has 6 nitrogen and oxygen atoms in total. The molecular weight excluding hydrogens is 675 g/mol. The Kier molecular flexibility index (Phi) is 8.18. The summed E-state index contributed by atoms with van der Waals surface area (Å²) in [5, 5.41) is 4.60. The van der Waals surface area contributed by atoms with Gasteiger partial charge in [0.2, 0.25) is 0 Å². The molecule has 0 fully saturated rings. The Morgan fingerprint density at radius 2 is 1.43 bits per heavy atom. The molecule has 0 amide bonds. The molecule has 0 bridgehead atoms. The van der Waals surface area contributed by atoms with Gasteiger partial charge in [-0.2, -0.15) is 0 Å². The van der Waals surface area contributed by atoms with E-state index in [2.05, 4.69) is 97.8 Å². The first kappa shape index (κ1) is 27.0. The second-order valence-corrected chi connectivity index (χ2v) is 9.24. The summed E-state index contributed by atoms with van der Waals surface area (Å²) in [5.74, 6) is 0.696. The van der Waals surface area contributed by atoms with E-state index < -0.39 is 0 Å². The molecule has 0 aliphatic rings. The fraction of sp³-hybridized carbons (Fsp3) is 0.0606. The van der Waals surface area contributed by atoms with Crippen LogP contribution in [0.25, 0.3) is 28.2 Å². The fourth-order valence-corrected chi connectivity index (χ4v) is 4.43. The second-order valence-electron chi connectivity index (χ2n) is 9.24. The van der Waals surface area contributed by atoms with Crippen molar-refractivity contribution in [3.8, 4) is 28.2 Å². The summed E-state index contributed by atoms with van der Waals surface area (Å²) in [7, 11) is 4.08. The quantitative estimate of drug-likeness (QED) is 0.166. The van der Waals surface area contributed by atoms with Crippen LogP contribution in [-0.4, -0.2) is 33.8 Å². The Labute approximate surface area is 248 Å². The maximum Gasteiger partial charge on any atom is 2.00 e. The monoisotopic (exact) mass is 701 g/mol. The summed E-state index contributed by atoms with van der Waals surface area (Å²) >= 11 is 0. The van der Waals surface area contributed by atoms with Crippen molar-refractivity contribution < 1.29 is 21.1 Å². The summed E-state index contributed by atoms with van der Waals surface area (Å²) in [6.45, 7) is 0. The minimum Gasteiger partial charge on any atom is -0.378 e. The minimum atomic E-state index is 0. The molecule has 0 radical (unpaired) electrons. The molecule has 198 valence electrons. The maximum atomic E-state index is 4.62. The first-order valence-electron chi connectivity index (χ1n) is 12.7. The van der Waals surface area contributed by atoms with Gasteiger partial charge in [-0.15, -0.1) is 23.8 Å². The van der Waals surface area contributed by atoms with Crippen molar-refractivity contribution in [3.63, 3.8) is 0 Å². The standard InChI is InChI=1S/C33H26N6.Pt/c1-37(2)28-13-10-14-29(22-28)39(31-23-36-38(24-31)33-16-7-9-18-35-33)30-20-26(25-11-4-3-5-12-25)19-27(21-30)32-15-6-8-17-34-32;/h3-20,22-23H,1-2H3;/q-2;+2. The van der Waals surface area contributed by atoms with Crippen LogP contribution in [0, 0.1) is 12.3 Å². The number of hydrogen-bond acceptors (Lipinski definition) is 5. The number of pyridine rings is 2. The van der Waals surface area contributed by atoms with Gasteiger partial charge in [0.15, 0.2) is 0 Å². The Morgan fingerprint density at radius 1 is 0.675 bits per heavy atom. The van der Waals surface area contributed by atoms with Gasteiger partial charge in [0, 0.05) is 37.9 Å². The first-order valence-corrected chi connectivity index (χ1v) is 12.7. The van der Waals surface area contributed by atoms with Gasteiger partial charge < -0.3 is 24.4 Å². The van der Waals surface area contributed by atoms with Crippen LogP contribution >= 0.6 is 0 Å². The Morgan fingerprint density at radius 3 is 2.15 bits per heavy atom. The molecule has 3 aromatic heterocycles. The number of aromatic nitrogens is 4. The summed E-state index contributed by atoms with van der Waals surface area (Å²) < 4.78 is 1.67. The number of rotatable bonds is 7. The normalized spacial score (nSPS) is 10.6. The van der Waals surface area contributed by atoms with Crippen LogP contribution in [0.1, 0.15) is 0 Å². The van der Waals surface area contributed by atoms with E-state index >= 15 is 0 Å². The van der Waals surface area contributed by atoms with E-state index in [1.54, 1.807) is 23.3 Å². The summed E-state index contributed by atoms with van der Waals surface area (Å²) in [5.41, 5.74) is 7.60. The van der Waals surface area contributed by atoms with Gasteiger partial charge in [0.25, 0.3) is 0 Å². The first-order chi connectivity index (χ1) is 19.2. The molecule has 0 saturated carbocycles. The van der Waals surface area contributed by atoms with E-state index in [4.69, 9.17) is 0 Å². The molecule has 0 aliphatic carbocycles. The van der Waals surface area contributed by atoms with Gasteiger partial charge in [-0.1, -0.05) is 66.2 Å². The molecule has 0 N–H and O–H groups in total. The largest absolute Gasteiger partial charge is 2.00 e. The van der Waals surface area contributed by atoms with Crippen molar-refractivity contribution >= 4 is 22.7 Å². The molecule has 3 heterocycles. The molecule has 0 unspecified atom stereocenters. The SMILES string of the molecule is CN(C)c1cccc(N(c2[c-]n(-c3ccccn3)nc2)c2[c-]c(-c3ccccn3)cc(-c3ccccc3)c2)c1.[Pt+2]. The van der Waals surface area contributed by atoms with Crippen molar-refractivity contribution in [2.24, 2.45) is 0 Å².